The lowest BCUT2D eigenvalue weighted by Gasteiger charge is -2.09. The van der Waals surface area contributed by atoms with E-state index >= 15 is 0 Å². The monoisotopic (exact) mass is 260 g/mol. The fourth-order valence-electron chi connectivity index (χ4n) is 0.731. The van der Waals surface area contributed by atoms with Crippen molar-refractivity contribution in [1.82, 2.24) is 0 Å². The first-order valence-corrected chi connectivity index (χ1v) is 6.27. The van der Waals surface area contributed by atoms with Gasteiger partial charge >= 0.3 is 5.97 Å². The van der Waals surface area contributed by atoms with Gasteiger partial charge in [0.1, 0.15) is 0 Å². The summed E-state index contributed by atoms with van der Waals surface area (Å²) in [6, 6.07) is 0. The first kappa shape index (κ1) is 15.3. The molecule has 0 aromatic carbocycles. The molecule has 1 unspecified atom stereocenters. The molecule has 0 radical (unpaired) electrons. The number of thioether (sulfide) groups is 1. The second kappa shape index (κ2) is 8.47. The van der Waals surface area contributed by atoms with Crippen LogP contribution in [0.3, 0.4) is 0 Å². The molecule has 0 aliphatic heterocycles. The second-order valence-corrected chi connectivity index (χ2v) is 4.95. The minimum Gasteiger partial charge on any atom is -0.462 e. The van der Waals surface area contributed by atoms with E-state index in [0.29, 0.717) is 24.4 Å². The van der Waals surface area contributed by atoms with Gasteiger partial charge in [0, 0.05) is 16.6 Å². The number of hydrogen-bond acceptors (Lipinski definition) is 5. The molecule has 16 heavy (non-hydrogen) atoms. The molecule has 0 spiro atoms. The summed E-state index contributed by atoms with van der Waals surface area (Å²) in [5.74, 6) is 0.189. The lowest BCUT2D eigenvalue weighted by molar-refractivity contribution is -0.139. The molecular formula is C11H16O3S2. The minimum atomic E-state index is -0.393. The summed E-state index contributed by atoms with van der Waals surface area (Å²) < 4.78 is 4.91. The van der Waals surface area contributed by atoms with Crippen LogP contribution in [0.25, 0.3) is 0 Å². The van der Waals surface area contributed by atoms with Gasteiger partial charge in [0.25, 0.3) is 0 Å². The van der Waals surface area contributed by atoms with E-state index in [0.717, 1.165) is 11.8 Å². The van der Waals surface area contributed by atoms with E-state index in [1.807, 2.05) is 0 Å². The van der Waals surface area contributed by atoms with E-state index in [2.05, 4.69) is 25.8 Å². The van der Waals surface area contributed by atoms with Gasteiger partial charge in [-0.1, -0.05) is 24.9 Å². The Morgan fingerprint density at radius 3 is 2.69 bits per heavy atom. The minimum absolute atomic E-state index is 0.0202. The van der Waals surface area contributed by atoms with E-state index in [9.17, 15) is 9.59 Å². The Hall–Kier alpha value is -0.680. The van der Waals surface area contributed by atoms with Crippen molar-refractivity contribution in [3.63, 3.8) is 0 Å². The Bertz CT molecular complexity index is 287. The zero-order valence-corrected chi connectivity index (χ0v) is 11.0. The predicted molar refractivity (Wildman–Crippen MR) is 70.8 cm³/mol. The van der Waals surface area contributed by atoms with Crippen LogP contribution in [0.15, 0.2) is 24.8 Å². The number of esters is 1. The molecule has 0 aliphatic carbocycles. The smallest absolute Gasteiger partial charge is 0.333 e. The predicted octanol–water partition coefficient (Wildman–Crippen LogP) is 2.24. The third kappa shape index (κ3) is 7.59. The average Bonchev–Trinajstić information content (AvgIpc) is 2.25. The average molecular weight is 260 g/mol. The molecule has 0 rings (SSSR count). The molecule has 3 nitrogen and oxygen atoms in total. The van der Waals surface area contributed by atoms with Crippen LogP contribution in [-0.4, -0.2) is 28.7 Å². The van der Waals surface area contributed by atoms with Crippen LogP contribution in [0, 0.1) is 0 Å². The normalized spacial score (nSPS) is 11.6. The third-order valence-corrected chi connectivity index (χ3v) is 3.33. The van der Waals surface area contributed by atoms with Gasteiger partial charge in [-0.15, -0.1) is 0 Å². The highest BCUT2D eigenvalue weighted by Crippen LogP contribution is 2.12. The molecule has 0 saturated carbocycles. The van der Waals surface area contributed by atoms with Gasteiger partial charge in [0.05, 0.1) is 6.61 Å². The molecular weight excluding hydrogens is 244 g/mol. The Morgan fingerprint density at radius 2 is 2.19 bits per heavy atom. The summed E-state index contributed by atoms with van der Waals surface area (Å²) in [5.41, 5.74) is 0.381. The first-order chi connectivity index (χ1) is 7.47. The van der Waals surface area contributed by atoms with Crippen molar-refractivity contribution in [1.29, 1.82) is 0 Å². The van der Waals surface area contributed by atoms with Gasteiger partial charge in [0.15, 0.2) is 0 Å². The maximum absolute atomic E-state index is 11.0. The summed E-state index contributed by atoms with van der Waals surface area (Å²) in [5, 5.41) is -0.0511. The third-order valence-electron chi connectivity index (χ3n) is 1.62. The fourth-order valence-corrected chi connectivity index (χ4v) is 1.70. The number of thiol groups is 1. The SMILES string of the molecule is C=CC(=O)SCC(S)CCOC(=O)C(=C)C. The second-order valence-electron chi connectivity index (χ2n) is 3.19. The summed E-state index contributed by atoms with van der Waals surface area (Å²) >= 11 is 5.43. The lowest BCUT2D eigenvalue weighted by atomic mass is 10.3. The van der Waals surface area contributed by atoms with E-state index < -0.39 is 5.97 Å². The van der Waals surface area contributed by atoms with Crippen molar-refractivity contribution in [3.05, 3.63) is 24.8 Å². The van der Waals surface area contributed by atoms with Crippen molar-refractivity contribution in [2.24, 2.45) is 0 Å². The van der Waals surface area contributed by atoms with Gasteiger partial charge in [-0.25, -0.2) is 4.79 Å². The molecule has 0 fully saturated rings. The highest BCUT2D eigenvalue weighted by Gasteiger charge is 2.08. The maximum Gasteiger partial charge on any atom is 0.333 e. The summed E-state index contributed by atoms with van der Waals surface area (Å²) in [6.07, 6.45) is 1.88. The molecule has 0 saturated heterocycles. The molecule has 0 N–H and O–H groups in total. The van der Waals surface area contributed by atoms with Crippen LogP contribution in [0.1, 0.15) is 13.3 Å². The van der Waals surface area contributed by atoms with Gasteiger partial charge in [0.2, 0.25) is 5.12 Å². The number of rotatable bonds is 7. The molecule has 90 valence electrons. The standard InChI is InChI=1S/C11H16O3S2/c1-4-10(12)16-7-9(15)5-6-14-11(13)8(2)3/h4,9,15H,1-2,5-7H2,3H3. The van der Waals surface area contributed by atoms with Gasteiger partial charge in [-0.2, -0.15) is 12.6 Å². The van der Waals surface area contributed by atoms with Crippen molar-refractivity contribution < 1.29 is 14.3 Å². The summed E-state index contributed by atoms with van der Waals surface area (Å²) in [6.45, 7) is 8.73. The quantitative estimate of drug-likeness (QED) is 0.433. The van der Waals surface area contributed by atoms with Crippen LogP contribution in [0.4, 0.5) is 0 Å². The molecule has 0 aromatic heterocycles. The van der Waals surface area contributed by atoms with Crippen LogP contribution in [0.5, 0.6) is 0 Å². The number of hydrogen-bond donors (Lipinski definition) is 1. The Balaban J connectivity index is 3.62. The van der Waals surface area contributed by atoms with Crippen molar-refractivity contribution in [2.45, 2.75) is 18.6 Å². The van der Waals surface area contributed by atoms with E-state index in [4.69, 9.17) is 4.74 Å². The fraction of sp³-hybridized carbons (Fsp3) is 0.455. The summed E-state index contributed by atoms with van der Waals surface area (Å²) in [4.78, 5) is 21.9. The van der Waals surface area contributed by atoms with E-state index in [-0.39, 0.29) is 10.4 Å². The summed E-state index contributed by atoms with van der Waals surface area (Å²) in [7, 11) is 0. The van der Waals surface area contributed by atoms with Gasteiger partial charge in [-0.3, -0.25) is 4.79 Å². The largest absolute Gasteiger partial charge is 0.462 e. The first-order valence-electron chi connectivity index (χ1n) is 4.77. The van der Waals surface area contributed by atoms with Crippen molar-refractivity contribution >= 4 is 35.5 Å². The zero-order chi connectivity index (χ0) is 12.6. The topological polar surface area (TPSA) is 43.4 Å². The molecule has 5 heteroatoms. The highest BCUT2D eigenvalue weighted by atomic mass is 32.2. The van der Waals surface area contributed by atoms with Crippen LogP contribution in [0.2, 0.25) is 0 Å². The number of ether oxygens (including phenoxy) is 1. The Kier molecular flexibility index (Phi) is 8.11. The Labute approximate surface area is 106 Å². The van der Waals surface area contributed by atoms with Crippen molar-refractivity contribution in [3.8, 4) is 0 Å². The van der Waals surface area contributed by atoms with E-state index in [1.165, 1.54) is 6.08 Å². The molecule has 0 aliphatic rings. The molecule has 0 aromatic rings. The van der Waals surface area contributed by atoms with Crippen LogP contribution in [-0.2, 0) is 14.3 Å². The zero-order valence-electron chi connectivity index (χ0n) is 9.27. The maximum atomic E-state index is 11.0. The van der Waals surface area contributed by atoms with Crippen LogP contribution < -0.4 is 0 Å². The molecule has 0 amide bonds. The highest BCUT2D eigenvalue weighted by molar-refractivity contribution is 8.14. The van der Waals surface area contributed by atoms with Gasteiger partial charge < -0.3 is 4.74 Å². The Morgan fingerprint density at radius 1 is 1.56 bits per heavy atom. The molecule has 1 atom stereocenters. The van der Waals surface area contributed by atoms with Gasteiger partial charge in [-0.05, 0) is 19.4 Å². The molecule has 0 bridgehead atoms. The molecule has 0 heterocycles. The van der Waals surface area contributed by atoms with Crippen molar-refractivity contribution in [2.75, 3.05) is 12.4 Å². The number of carbonyl (C=O) groups excluding carboxylic acids is 2. The number of carbonyl (C=O) groups is 2. The van der Waals surface area contributed by atoms with Crippen LogP contribution >= 0.6 is 24.4 Å². The lowest BCUT2D eigenvalue weighted by Crippen LogP contribution is -2.12. The van der Waals surface area contributed by atoms with E-state index in [1.54, 1.807) is 6.92 Å².